The molecule has 0 heterocycles. The lowest BCUT2D eigenvalue weighted by atomic mass is 10.1. The Balaban J connectivity index is 2.75. The van der Waals surface area contributed by atoms with E-state index in [1.165, 1.54) is 12.1 Å². The minimum atomic E-state index is -0.878. The SMILES string of the molecule is C/C(=N/NC(=O)C(=O)NC(C)C)c1ccc(F)cc1Cl. The Hall–Kier alpha value is -1.95. The number of nitrogens with zero attached hydrogens (tertiary/aromatic N) is 1. The van der Waals surface area contributed by atoms with Gasteiger partial charge in [-0.05, 0) is 39.0 Å². The average Bonchev–Trinajstić information content (AvgIpc) is 2.34. The van der Waals surface area contributed by atoms with Gasteiger partial charge in [0.15, 0.2) is 0 Å². The van der Waals surface area contributed by atoms with Crippen LogP contribution in [0, 0.1) is 5.82 Å². The summed E-state index contributed by atoms with van der Waals surface area (Å²) >= 11 is 5.86. The number of hydrazone groups is 1. The lowest BCUT2D eigenvalue weighted by Gasteiger charge is -2.07. The molecular weight excluding hydrogens is 285 g/mol. The molecule has 0 spiro atoms. The standard InChI is InChI=1S/C13H15ClFN3O2/c1-7(2)16-12(19)13(20)18-17-8(3)10-5-4-9(15)6-11(10)14/h4-7H,1-3H3,(H,16,19)(H,18,20)/b17-8-. The van der Waals surface area contributed by atoms with Gasteiger partial charge < -0.3 is 5.32 Å². The summed E-state index contributed by atoms with van der Waals surface area (Å²) in [4.78, 5) is 22.8. The Bertz CT molecular complexity index is 559. The number of nitrogens with one attached hydrogen (secondary N) is 2. The summed E-state index contributed by atoms with van der Waals surface area (Å²) < 4.78 is 12.9. The van der Waals surface area contributed by atoms with E-state index < -0.39 is 17.6 Å². The minimum Gasteiger partial charge on any atom is -0.346 e. The first-order valence-electron chi connectivity index (χ1n) is 5.91. The van der Waals surface area contributed by atoms with Crippen molar-refractivity contribution in [2.24, 2.45) is 5.10 Å². The molecule has 0 saturated heterocycles. The number of carbonyl (C=O) groups is 2. The van der Waals surface area contributed by atoms with E-state index in [-0.39, 0.29) is 11.1 Å². The average molecular weight is 300 g/mol. The molecular formula is C13H15ClFN3O2. The molecule has 0 aromatic heterocycles. The van der Waals surface area contributed by atoms with Crippen molar-refractivity contribution >= 4 is 29.1 Å². The van der Waals surface area contributed by atoms with Crippen LogP contribution < -0.4 is 10.7 Å². The Kier molecular flexibility index (Phi) is 5.64. The molecule has 1 aromatic rings. The zero-order chi connectivity index (χ0) is 15.3. The smallest absolute Gasteiger partial charge is 0.329 e. The van der Waals surface area contributed by atoms with Gasteiger partial charge in [-0.25, -0.2) is 9.82 Å². The zero-order valence-electron chi connectivity index (χ0n) is 11.3. The normalized spacial score (nSPS) is 11.4. The zero-order valence-corrected chi connectivity index (χ0v) is 12.1. The van der Waals surface area contributed by atoms with Gasteiger partial charge in [-0.3, -0.25) is 9.59 Å². The van der Waals surface area contributed by atoms with E-state index in [4.69, 9.17) is 11.6 Å². The Morgan fingerprint density at radius 2 is 1.95 bits per heavy atom. The molecule has 0 aliphatic rings. The van der Waals surface area contributed by atoms with Gasteiger partial charge in [-0.15, -0.1) is 0 Å². The second-order valence-corrected chi connectivity index (χ2v) is 4.80. The molecule has 0 atom stereocenters. The number of hydrogen-bond acceptors (Lipinski definition) is 3. The first-order chi connectivity index (χ1) is 9.31. The van der Waals surface area contributed by atoms with Crippen LogP contribution in [0.3, 0.4) is 0 Å². The molecule has 0 bridgehead atoms. The van der Waals surface area contributed by atoms with Gasteiger partial charge in [0.25, 0.3) is 0 Å². The van der Waals surface area contributed by atoms with Crippen LogP contribution in [0.15, 0.2) is 23.3 Å². The van der Waals surface area contributed by atoms with Gasteiger partial charge in [0.05, 0.1) is 10.7 Å². The van der Waals surface area contributed by atoms with Gasteiger partial charge in [-0.1, -0.05) is 11.6 Å². The third-order valence-electron chi connectivity index (χ3n) is 2.27. The van der Waals surface area contributed by atoms with E-state index in [0.717, 1.165) is 6.07 Å². The summed E-state index contributed by atoms with van der Waals surface area (Å²) in [6.07, 6.45) is 0. The molecule has 0 saturated carbocycles. The molecule has 7 heteroatoms. The number of carbonyl (C=O) groups excluding carboxylic acids is 2. The first kappa shape index (κ1) is 16.1. The Labute approximate surface area is 121 Å². The lowest BCUT2D eigenvalue weighted by molar-refractivity contribution is -0.139. The predicted octanol–water partition coefficient (Wildman–Crippen LogP) is 1.84. The third kappa shape index (κ3) is 4.62. The summed E-state index contributed by atoms with van der Waals surface area (Å²) in [5.74, 6) is -2.12. The van der Waals surface area contributed by atoms with Crippen molar-refractivity contribution in [3.05, 3.63) is 34.6 Å². The highest BCUT2D eigenvalue weighted by atomic mass is 35.5. The summed E-state index contributed by atoms with van der Waals surface area (Å²) in [7, 11) is 0. The van der Waals surface area contributed by atoms with Gasteiger partial charge >= 0.3 is 11.8 Å². The molecule has 0 fully saturated rings. The van der Waals surface area contributed by atoms with Crippen LogP contribution >= 0.6 is 11.6 Å². The van der Waals surface area contributed by atoms with E-state index in [1.807, 2.05) is 0 Å². The monoisotopic (exact) mass is 299 g/mol. The van der Waals surface area contributed by atoms with E-state index in [9.17, 15) is 14.0 Å². The van der Waals surface area contributed by atoms with Crippen molar-refractivity contribution in [3.63, 3.8) is 0 Å². The van der Waals surface area contributed by atoms with Crippen LogP contribution in [0.1, 0.15) is 26.3 Å². The van der Waals surface area contributed by atoms with E-state index in [1.54, 1.807) is 20.8 Å². The van der Waals surface area contributed by atoms with Crippen LogP contribution in [0.5, 0.6) is 0 Å². The molecule has 0 radical (unpaired) electrons. The maximum atomic E-state index is 12.9. The van der Waals surface area contributed by atoms with Gasteiger partial charge in [0.1, 0.15) is 5.82 Å². The number of rotatable bonds is 3. The maximum Gasteiger partial charge on any atom is 0.329 e. The van der Waals surface area contributed by atoms with Crippen molar-refractivity contribution in [1.29, 1.82) is 0 Å². The molecule has 5 nitrogen and oxygen atoms in total. The number of amides is 2. The fraction of sp³-hybridized carbons (Fsp3) is 0.308. The number of hydrogen-bond donors (Lipinski definition) is 2. The minimum absolute atomic E-state index is 0.148. The van der Waals surface area contributed by atoms with E-state index in [2.05, 4.69) is 15.8 Å². The molecule has 1 rings (SSSR count). The van der Waals surface area contributed by atoms with Crippen LogP contribution in [-0.4, -0.2) is 23.6 Å². The lowest BCUT2D eigenvalue weighted by Crippen LogP contribution is -2.41. The molecule has 1 aromatic carbocycles. The van der Waals surface area contributed by atoms with Crippen LogP contribution in [0.2, 0.25) is 5.02 Å². The molecule has 0 aliphatic heterocycles. The van der Waals surface area contributed by atoms with Crippen molar-refractivity contribution in [2.45, 2.75) is 26.8 Å². The third-order valence-corrected chi connectivity index (χ3v) is 2.58. The highest BCUT2D eigenvalue weighted by Crippen LogP contribution is 2.17. The Morgan fingerprint density at radius 1 is 1.30 bits per heavy atom. The molecule has 2 N–H and O–H groups in total. The highest BCUT2D eigenvalue weighted by molar-refractivity contribution is 6.35. The molecule has 0 aliphatic carbocycles. The fourth-order valence-electron chi connectivity index (χ4n) is 1.36. The highest BCUT2D eigenvalue weighted by Gasteiger charge is 2.14. The van der Waals surface area contributed by atoms with Crippen LogP contribution in [0.4, 0.5) is 4.39 Å². The van der Waals surface area contributed by atoms with Crippen LogP contribution in [-0.2, 0) is 9.59 Å². The second-order valence-electron chi connectivity index (χ2n) is 4.39. The topological polar surface area (TPSA) is 70.6 Å². The maximum absolute atomic E-state index is 12.9. The van der Waals surface area contributed by atoms with Crippen molar-refractivity contribution in [3.8, 4) is 0 Å². The van der Waals surface area contributed by atoms with Gasteiger partial charge in [-0.2, -0.15) is 5.10 Å². The Morgan fingerprint density at radius 3 is 2.50 bits per heavy atom. The predicted molar refractivity (Wildman–Crippen MR) is 75.0 cm³/mol. The summed E-state index contributed by atoms with van der Waals surface area (Å²) in [5.41, 5.74) is 2.94. The summed E-state index contributed by atoms with van der Waals surface area (Å²) in [5, 5.41) is 6.36. The summed E-state index contributed by atoms with van der Waals surface area (Å²) in [6.45, 7) is 5.05. The largest absolute Gasteiger partial charge is 0.346 e. The van der Waals surface area contributed by atoms with Gasteiger partial charge in [0.2, 0.25) is 0 Å². The number of benzene rings is 1. The molecule has 0 unspecified atom stereocenters. The molecule has 20 heavy (non-hydrogen) atoms. The van der Waals surface area contributed by atoms with Crippen molar-refractivity contribution < 1.29 is 14.0 Å². The van der Waals surface area contributed by atoms with Gasteiger partial charge in [0, 0.05) is 11.6 Å². The first-order valence-corrected chi connectivity index (χ1v) is 6.29. The van der Waals surface area contributed by atoms with E-state index >= 15 is 0 Å². The van der Waals surface area contributed by atoms with Crippen molar-refractivity contribution in [2.75, 3.05) is 0 Å². The second kappa shape index (κ2) is 7.00. The van der Waals surface area contributed by atoms with Crippen molar-refractivity contribution in [1.82, 2.24) is 10.7 Å². The fourth-order valence-corrected chi connectivity index (χ4v) is 1.66. The van der Waals surface area contributed by atoms with E-state index in [0.29, 0.717) is 11.3 Å². The molecule has 108 valence electrons. The van der Waals surface area contributed by atoms with Crippen LogP contribution in [0.25, 0.3) is 0 Å². The number of halogens is 2. The quantitative estimate of drug-likeness (QED) is 0.508. The molecule has 2 amide bonds. The summed E-state index contributed by atoms with van der Waals surface area (Å²) in [6, 6.07) is 3.66.